The smallest absolute Gasteiger partial charge is 0.0688 e. The molecule has 1 unspecified atom stereocenters. The van der Waals surface area contributed by atoms with Crippen LogP contribution < -0.4 is 0 Å². The summed E-state index contributed by atoms with van der Waals surface area (Å²) in [4.78, 5) is 0. The molecule has 0 aliphatic carbocycles. The van der Waals surface area contributed by atoms with Crippen molar-refractivity contribution in [1.29, 1.82) is 0 Å². The van der Waals surface area contributed by atoms with Gasteiger partial charge >= 0.3 is 0 Å². The van der Waals surface area contributed by atoms with Crippen molar-refractivity contribution < 1.29 is 0 Å². The minimum atomic E-state index is -0.0505. The molecule has 0 N–H and O–H groups in total. The maximum atomic E-state index is 6.10. The monoisotopic (exact) mass is 288 g/mol. The van der Waals surface area contributed by atoms with E-state index in [1.54, 1.807) is 10.9 Å². The number of rotatable bonds is 3. The van der Waals surface area contributed by atoms with Crippen molar-refractivity contribution >= 4 is 34.8 Å². The standard InChI is InChI=1S/C12H11Cl3N2/c1-8(13)9-5-16-17(6-9)7-10-11(14)3-2-4-12(10)15/h2-6,8H,7H2,1H3. The van der Waals surface area contributed by atoms with Gasteiger partial charge in [0.05, 0.1) is 18.1 Å². The summed E-state index contributed by atoms with van der Waals surface area (Å²) in [5.74, 6) is 0. The lowest BCUT2D eigenvalue weighted by atomic mass is 10.2. The van der Waals surface area contributed by atoms with Crippen molar-refractivity contribution in [1.82, 2.24) is 9.78 Å². The third-order valence-corrected chi connectivity index (χ3v) is 3.45. The van der Waals surface area contributed by atoms with Crippen molar-refractivity contribution in [3.05, 3.63) is 51.8 Å². The molecule has 2 aromatic rings. The first kappa shape index (κ1) is 12.7. The average Bonchev–Trinajstić information content (AvgIpc) is 2.72. The number of halogens is 3. The minimum Gasteiger partial charge on any atom is -0.268 e. The highest BCUT2D eigenvalue weighted by molar-refractivity contribution is 6.35. The van der Waals surface area contributed by atoms with Crippen molar-refractivity contribution in [2.75, 3.05) is 0 Å². The lowest BCUT2D eigenvalue weighted by Gasteiger charge is -2.06. The normalized spacial score (nSPS) is 12.7. The molecule has 0 aliphatic rings. The molecule has 2 nitrogen and oxygen atoms in total. The zero-order chi connectivity index (χ0) is 12.4. The predicted octanol–water partition coefficient (Wildman–Crippen LogP) is 4.54. The van der Waals surface area contributed by atoms with E-state index in [4.69, 9.17) is 34.8 Å². The Balaban J connectivity index is 2.25. The Morgan fingerprint density at radius 2 is 1.94 bits per heavy atom. The Kier molecular flexibility index (Phi) is 3.97. The second-order valence-corrected chi connectivity index (χ2v) is 5.26. The topological polar surface area (TPSA) is 17.8 Å². The van der Waals surface area contributed by atoms with Crippen molar-refractivity contribution in [2.45, 2.75) is 18.8 Å². The lowest BCUT2D eigenvalue weighted by molar-refractivity contribution is 0.686. The Labute approximate surface area is 115 Å². The van der Waals surface area contributed by atoms with E-state index in [1.807, 2.05) is 31.3 Å². The molecular formula is C12H11Cl3N2. The van der Waals surface area contributed by atoms with Crippen LogP contribution >= 0.6 is 34.8 Å². The summed E-state index contributed by atoms with van der Waals surface area (Å²) in [6, 6.07) is 5.46. The van der Waals surface area contributed by atoms with Crippen molar-refractivity contribution in [3.8, 4) is 0 Å². The van der Waals surface area contributed by atoms with Crippen molar-refractivity contribution in [3.63, 3.8) is 0 Å². The third-order valence-electron chi connectivity index (χ3n) is 2.49. The maximum Gasteiger partial charge on any atom is 0.0688 e. The average molecular weight is 290 g/mol. The lowest BCUT2D eigenvalue weighted by Crippen LogP contribution is -2.01. The molecule has 0 saturated heterocycles. The molecule has 0 fully saturated rings. The van der Waals surface area contributed by atoms with Crippen LogP contribution in [0.4, 0.5) is 0 Å². The number of alkyl halides is 1. The maximum absolute atomic E-state index is 6.10. The largest absolute Gasteiger partial charge is 0.268 e. The van der Waals surface area contributed by atoms with Crippen LogP contribution in [-0.4, -0.2) is 9.78 Å². The number of nitrogens with zero attached hydrogens (tertiary/aromatic N) is 2. The molecule has 0 spiro atoms. The Hall–Kier alpha value is -0.700. The van der Waals surface area contributed by atoms with E-state index in [0.29, 0.717) is 16.6 Å². The van der Waals surface area contributed by atoms with Crippen LogP contribution in [0.5, 0.6) is 0 Å². The molecule has 1 aromatic heterocycles. The molecule has 90 valence electrons. The number of hydrogen-bond donors (Lipinski definition) is 0. The molecule has 0 bridgehead atoms. The molecule has 2 rings (SSSR count). The number of aromatic nitrogens is 2. The van der Waals surface area contributed by atoms with Crippen LogP contribution in [0.25, 0.3) is 0 Å². The first-order valence-corrected chi connectivity index (χ1v) is 6.36. The Morgan fingerprint density at radius 3 is 2.47 bits per heavy atom. The summed E-state index contributed by atoms with van der Waals surface area (Å²) in [6.07, 6.45) is 3.65. The van der Waals surface area contributed by atoms with Crippen LogP contribution in [0, 0.1) is 0 Å². The van der Waals surface area contributed by atoms with Gasteiger partial charge in [-0.3, -0.25) is 4.68 Å². The summed E-state index contributed by atoms with van der Waals surface area (Å²) in [7, 11) is 0. The highest BCUT2D eigenvalue weighted by atomic mass is 35.5. The molecular weight excluding hydrogens is 279 g/mol. The number of benzene rings is 1. The van der Waals surface area contributed by atoms with E-state index in [-0.39, 0.29) is 5.38 Å². The van der Waals surface area contributed by atoms with E-state index >= 15 is 0 Å². The fraction of sp³-hybridized carbons (Fsp3) is 0.250. The summed E-state index contributed by atoms with van der Waals surface area (Å²) in [5.41, 5.74) is 1.85. The predicted molar refractivity (Wildman–Crippen MR) is 72.1 cm³/mol. The van der Waals surface area contributed by atoms with Gasteiger partial charge in [-0.15, -0.1) is 11.6 Å². The van der Waals surface area contributed by atoms with E-state index in [1.165, 1.54) is 0 Å². The molecule has 0 amide bonds. The Bertz CT molecular complexity index is 500. The summed E-state index contributed by atoms with van der Waals surface area (Å²) >= 11 is 18.2. The zero-order valence-corrected chi connectivity index (χ0v) is 11.5. The van der Waals surface area contributed by atoms with E-state index < -0.39 is 0 Å². The van der Waals surface area contributed by atoms with Gasteiger partial charge in [-0.05, 0) is 19.1 Å². The molecule has 5 heteroatoms. The SMILES string of the molecule is CC(Cl)c1cnn(Cc2c(Cl)cccc2Cl)c1. The summed E-state index contributed by atoms with van der Waals surface area (Å²) in [5, 5.41) is 5.47. The second kappa shape index (κ2) is 5.30. The highest BCUT2D eigenvalue weighted by Crippen LogP contribution is 2.25. The molecule has 1 heterocycles. The fourth-order valence-corrected chi connectivity index (χ4v) is 2.15. The zero-order valence-electron chi connectivity index (χ0n) is 9.20. The van der Waals surface area contributed by atoms with Gasteiger partial charge in [-0.25, -0.2) is 0 Å². The second-order valence-electron chi connectivity index (χ2n) is 3.79. The molecule has 17 heavy (non-hydrogen) atoms. The van der Waals surface area contributed by atoms with Gasteiger partial charge in [0.15, 0.2) is 0 Å². The van der Waals surface area contributed by atoms with Gasteiger partial charge in [-0.2, -0.15) is 5.10 Å². The minimum absolute atomic E-state index is 0.0505. The first-order valence-electron chi connectivity index (χ1n) is 5.17. The van der Waals surface area contributed by atoms with E-state index in [0.717, 1.165) is 11.1 Å². The van der Waals surface area contributed by atoms with Crippen molar-refractivity contribution in [2.24, 2.45) is 0 Å². The number of hydrogen-bond acceptors (Lipinski definition) is 1. The van der Waals surface area contributed by atoms with Gasteiger partial charge in [0.1, 0.15) is 0 Å². The van der Waals surface area contributed by atoms with Gasteiger partial charge in [0.2, 0.25) is 0 Å². The first-order chi connectivity index (χ1) is 8.08. The van der Waals surface area contributed by atoms with Crippen LogP contribution in [0.3, 0.4) is 0 Å². The highest BCUT2D eigenvalue weighted by Gasteiger charge is 2.09. The molecule has 0 saturated carbocycles. The van der Waals surface area contributed by atoms with Gasteiger partial charge in [0, 0.05) is 27.4 Å². The van der Waals surface area contributed by atoms with Crippen LogP contribution in [0.15, 0.2) is 30.6 Å². The van der Waals surface area contributed by atoms with Crippen LogP contribution in [-0.2, 0) is 6.54 Å². The van der Waals surface area contributed by atoms with E-state index in [9.17, 15) is 0 Å². The summed E-state index contributed by atoms with van der Waals surface area (Å²) < 4.78 is 1.78. The van der Waals surface area contributed by atoms with Gasteiger partial charge in [-0.1, -0.05) is 29.3 Å². The molecule has 1 aromatic carbocycles. The van der Waals surface area contributed by atoms with Crippen LogP contribution in [0.1, 0.15) is 23.4 Å². The summed E-state index contributed by atoms with van der Waals surface area (Å²) in [6.45, 7) is 2.45. The molecule has 0 aliphatic heterocycles. The quantitative estimate of drug-likeness (QED) is 0.759. The third kappa shape index (κ3) is 2.95. The van der Waals surface area contributed by atoms with Gasteiger partial charge in [0.25, 0.3) is 0 Å². The van der Waals surface area contributed by atoms with Gasteiger partial charge < -0.3 is 0 Å². The molecule has 1 atom stereocenters. The van der Waals surface area contributed by atoms with E-state index in [2.05, 4.69) is 5.10 Å². The fourth-order valence-electron chi connectivity index (χ4n) is 1.52. The van der Waals surface area contributed by atoms with Crippen LogP contribution in [0.2, 0.25) is 10.0 Å². The molecule has 0 radical (unpaired) electrons. The Morgan fingerprint density at radius 1 is 1.29 bits per heavy atom.